The largest absolute Gasteiger partial charge is 0.497 e. The van der Waals surface area contributed by atoms with E-state index in [1.807, 2.05) is 30.3 Å². The molecule has 0 saturated heterocycles. The van der Waals surface area contributed by atoms with Crippen molar-refractivity contribution in [2.45, 2.75) is 65.2 Å². The third-order valence-corrected chi connectivity index (χ3v) is 9.92. The molecule has 3 aliphatic rings. The Morgan fingerprint density at radius 2 is 1.63 bits per heavy atom. The van der Waals surface area contributed by atoms with E-state index in [0.717, 1.165) is 36.6 Å². The maximum atomic E-state index is 7.35. The van der Waals surface area contributed by atoms with Crippen LogP contribution in [0.5, 0.6) is 11.5 Å². The topological polar surface area (TPSA) is 60.9 Å². The number of ether oxygens (including phenoxy) is 2. The molecule has 0 radical (unpaired) electrons. The van der Waals surface area contributed by atoms with Crippen LogP contribution >= 0.6 is 0 Å². The standard InChI is InChI=1S/C40H45N4O2/c1-9-44-35-20-10-26(2)24-32(35)40(5,6)37(44)23-14-28-12-11-27(38(28)46-30-17-15-29(42-41)16-18-30)13-22-36-39(3,4)33-25-31(45-8)19-21-34(33)43(36)7/h10,13-25,41H,9,11-12H2,1-8H3/q+1. The van der Waals surface area contributed by atoms with Crippen molar-refractivity contribution in [2.75, 3.05) is 25.6 Å². The third-order valence-electron chi connectivity index (χ3n) is 9.92. The Bertz CT molecular complexity index is 1870. The SMILES string of the molecule is CCN1C(=CC=C2CCC(C=CC3=[N+](C)c4ccc(OC)cc4C3(C)C)=C2Oc2ccc(N=N)cc2)C(C)(C)c2cc(C)ccc21. The van der Waals surface area contributed by atoms with Gasteiger partial charge in [0.2, 0.25) is 5.69 Å². The van der Waals surface area contributed by atoms with Crippen molar-refractivity contribution < 1.29 is 14.0 Å². The lowest BCUT2D eigenvalue weighted by molar-refractivity contribution is -0.401. The minimum atomic E-state index is -0.182. The molecule has 0 amide bonds. The Morgan fingerprint density at radius 3 is 2.33 bits per heavy atom. The van der Waals surface area contributed by atoms with E-state index < -0.39 is 0 Å². The predicted octanol–water partition coefficient (Wildman–Crippen LogP) is 9.98. The van der Waals surface area contributed by atoms with E-state index in [2.05, 4.69) is 118 Å². The quantitative estimate of drug-likeness (QED) is 0.203. The molecular weight excluding hydrogens is 568 g/mol. The molecule has 6 heteroatoms. The van der Waals surface area contributed by atoms with Crippen LogP contribution in [0.3, 0.4) is 0 Å². The normalized spacial score (nSPS) is 19.9. The van der Waals surface area contributed by atoms with Crippen LogP contribution in [0.25, 0.3) is 0 Å². The van der Waals surface area contributed by atoms with Crippen LogP contribution < -0.4 is 14.4 Å². The van der Waals surface area contributed by atoms with Crippen molar-refractivity contribution in [3.63, 3.8) is 0 Å². The lowest BCUT2D eigenvalue weighted by Gasteiger charge is -2.26. The van der Waals surface area contributed by atoms with Crippen LogP contribution in [0.15, 0.2) is 113 Å². The number of hydrogen-bond acceptors (Lipinski definition) is 5. The molecule has 236 valence electrons. The number of benzene rings is 3. The number of hydrogen-bond donors (Lipinski definition) is 1. The van der Waals surface area contributed by atoms with E-state index in [4.69, 9.17) is 15.0 Å². The van der Waals surface area contributed by atoms with Gasteiger partial charge in [0.1, 0.15) is 24.3 Å². The molecule has 3 aromatic rings. The molecule has 0 unspecified atom stereocenters. The Hall–Kier alpha value is -4.71. The number of methoxy groups -OCH3 is 1. The number of nitrogens with one attached hydrogen (secondary N) is 1. The third kappa shape index (κ3) is 5.30. The fourth-order valence-electron chi connectivity index (χ4n) is 7.29. The van der Waals surface area contributed by atoms with E-state index in [1.54, 1.807) is 7.11 Å². The van der Waals surface area contributed by atoms with Crippen LogP contribution in [0.1, 0.15) is 64.2 Å². The lowest BCUT2D eigenvalue weighted by atomic mass is 9.81. The summed E-state index contributed by atoms with van der Waals surface area (Å²) < 4.78 is 14.5. The van der Waals surface area contributed by atoms with Crippen LogP contribution in [0, 0.1) is 12.5 Å². The lowest BCUT2D eigenvalue weighted by Crippen LogP contribution is -2.26. The molecule has 2 heterocycles. The number of allylic oxidation sites excluding steroid dienone is 7. The van der Waals surface area contributed by atoms with E-state index in [0.29, 0.717) is 5.69 Å². The molecule has 1 N–H and O–H groups in total. The van der Waals surface area contributed by atoms with Gasteiger partial charge in [-0.05, 0) is 112 Å². The summed E-state index contributed by atoms with van der Waals surface area (Å²) >= 11 is 0. The molecule has 0 aromatic heterocycles. The smallest absolute Gasteiger partial charge is 0.209 e. The van der Waals surface area contributed by atoms with Crippen molar-refractivity contribution in [3.05, 3.63) is 124 Å². The maximum Gasteiger partial charge on any atom is 0.209 e. The molecule has 0 atom stereocenters. The van der Waals surface area contributed by atoms with Crippen molar-refractivity contribution in [3.8, 4) is 11.5 Å². The van der Waals surface area contributed by atoms with Gasteiger partial charge in [-0.3, -0.25) is 0 Å². The van der Waals surface area contributed by atoms with Gasteiger partial charge in [-0.15, -0.1) is 0 Å². The minimum absolute atomic E-state index is 0.108. The van der Waals surface area contributed by atoms with Crippen molar-refractivity contribution >= 4 is 22.8 Å². The molecule has 6 rings (SSSR count). The molecule has 0 spiro atoms. The molecule has 0 fully saturated rings. The highest BCUT2D eigenvalue weighted by Gasteiger charge is 2.43. The van der Waals surface area contributed by atoms with Gasteiger partial charge in [0.05, 0.1) is 18.2 Å². The number of fused-ring (bicyclic) bond motifs is 2. The zero-order valence-corrected chi connectivity index (χ0v) is 28.4. The van der Waals surface area contributed by atoms with Crippen molar-refractivity contribution in [1.82, 2.24) is 0 Å². The van der Waals surface area contributed by atoms with Gasteiger partial charge in [-0.2, -0.15) is 9.69 Å². The van der Waals surface area contributed by atoms with Gasteiger partial charge in [-0.1, -0.05) is 37.6 Å². The average Bonchev–Trinajstić information content (AvgIpc) is 3.59. The Kier molecular flexibility index (Phi) is 8.09. The first-order chi connectivity index (χ1) is 22.0. The highest BCUT2D eigenvalue weighted by atomic mass is 16.5. The Labute approximate surface area is 273 Å². The summed E-state index contributed by atoms with van der Waals surface area (Å²) in [5.41, 5.74) is 18.9. The van der Waals surface area contributed by atoms with Gasteiger partial charge >= 0.3 is 0 Å². The molecule has 3 aromatic carbocycles. The van der Waals surface area contributed by atoms with E-state index in [-0.39, 0.29) is 10.8 Å². The first kappa shape index (κ1) is 31.3. The maximum absolute atomic E-state index is 7.35. The second kappa shape index (κ2) is 11.9. The fourth-order valence-corrected chi connectivity index (χ4v) is 7.29. The van der Waals surface area contributed by atoms with Crippen LogP contribution in [0.4, 0.5) is 17.1 Å². The zero-order valence-electron chi connectivity index (χ0n) is 28.4. The summed E-state index contributed by atoms with van der Waals surface area (Å²) in [6.07, 6.45) is 10.8. The van der Waals surface area contributed by atoms with E-state index in [1.165, 1.54) is 50.6 Å². The van der Waals surface area contributed by atoms with Gasteiger partial charge in [0.25, 0.3) is 0 Å². The molecule has 0 bridgehead atoms. The minimum Gasteiger partial charge on any atom is -0.497 e. The Morgan fingerprint density at radius 1 is 0.891 bits per heavy atom. The van der Waals surface area contributed by atoms with Crippen LogP contribution in [0.2, 0.25) is 0 Å². The molecule has 46 heavy (non-hydrogen) atoms. The van der Waals surface area contributed by atoms with Crippen molar-refractivity contribution in [2.24, 2.45) is 5.11 Å². The number of likely N-dealkylation sites (N-methyl/N-ethyl adjacent to an activating group) is 1. The van der Waals surface area contributed by atoms with E-state index >= 15 is 0 Å². The summed E-state index contributed by atoms with van der Waals surface area (Å²) in [6, 6.07) is 20.5. The highest BCUT2D eigenvalue weighted by molar-refractivity contribution is 6.03. The number of nitrogens with zero attached hydrogens (tertiary/aromatic N) is 3. The number of anilines is 1. The average molecular weight is 614 g/mol. The summed E-state index contributed by atoms with van der Waals surface area (Å²) in [7, 11) is 3.86. The number of rotatable bonds is 8. The first-order valence-corrected chi connectivity index (χ1v) is 16.2. The monoisotopic (exact) mass is 613 g/mol. The fraction of sp³-hybridized carbons (Fsp3) is 0.325. The van der Waals surface area contributed by atoms with Gasteiger partial charge in [-0.25, -0.2) is 5.53 Å². The highest BCUT2D eigenvalue weighted by Crippen LogP contribution is 2.48. The summed E-state index contributed by atoms with van der Waals surface area (Å²) in [6.45, 7) is 14.5. The van der Waals surface area contributed by atoms with Gasteiger partial charge in [0.15, 0.2) is 5.71 Å². The molecular formula is C40H45N4O2+. The van der Waals surface area contributed by atoms with Crippen LogP contribution in [-0.2, 0) is 10.8 Å². The molecule has 1 aliphatic carbocycles. The summed E-state index contributed by atoms with van der Waals surface area (Å²) in [5, 5.41) is 3.55. The molecule has 2 aliphatic heterocycles. The second-order valence-electron chi connectivity index (χ2n) is 13.5. The van der Waals surface area contributed by atoms with Crippen LogP contribution in [-0.4, -0.2) is 31.0 Å². The molecule has 0 saturated carbocycles. The summed E-state index contributed by atoms with van der Waals surface area (Å²) in [4.78, 5) is 2.44. The molecule has 6 nitrogen and oxygen atoms in total. The van der Waals surface area contributed by atoms with Crippen molar-refractivity contribution in [1.29, 1.82) is 5.53 Å². The Balaban J connectivity index is 1.40. The van der Waals surface area contributed by atoms with Gasteiger partial charge in [0, 0.05) is 41.1 Å². The zero-order chi connectivity index (χ0) is 32.8. The second-order valence-corrected chi connectivity index (χ2v) is 13.5. The summed E-state index contributed by atoms with van der Waals surface area (Å²) in [5.74, 6) is 2.51. The predicted molar refractivity (Wildman–Crippen MR) is 188 cm³/mol. The first-order valence-electron chi connectivity index (χ1n) is 16.2. The van der Waals surface area contributed by atoms with E-state index in [9.17, 15) is 0 Å². The number of aryl methyl sites for hydroxylation is 1. The van der Waals surface area contributed by atoms with Gasteiger partial charge < -0.3 is 14.4 Å².